The van der Waals surface area contributed by atoms with Gasteiger partial charge in [-0.25, -0.2) is 4.68 Å². The molecule has 2 heterocycles. The zero-order valence-electron chi connectivity index (χ0n) is 10.3. The Kier molecular flexibility index (Phi) is 3.17. The number of nitrogens with zero attached hydrogens (tertiary/aromatic N) is 4. The second-order valence-electron chi connectivity index (χ2n) is 4.13. The first-order valence-electron chi connectivity index (χ1n) is 5.42. The fourth-order valence-electron chi connectivity index (χ4n) is 1.68. The number of alkyl halides is 3. The van der Waals surface area contributed by atoms with Crippen molar-refractivity contribution in [1.82, 2.24) is 19.6 Å². The van der Waals surface area contributed by atoms with Gasteiger partial charge in [0.05, 0.1) is 12.2 Å². The van der Waals surface area contributed by atoms with Crippen LogP contribution in [0.15, 0.2) is 23.1 Å². The Morgan fingerprint density at radius 2 is 1.95 bits per heavy atom. The van der Waals surface area contributed by atoms with Gasteiger partial charge in [-0.3, -0.25) is 9.48 Å². The van der Waals surface area contributed by atoms with Gasteiger partial charge in [-0.05, 0) is 13.0 Å². The molecule has 2 aromatic rings. The van der Waals surface area contributed by atoms with Gasteiger partial charge in [0, 0.05) is 24.9 Å². The van der Waals surface area contributed by atoms with E-state index < -0.39 is 17.4 Å². The molecule has 0 N–H and O–H groups in total. The third-order valence-corrected chi connectivity index (χ3v) is 2.59. The van der Waals surface area contributed by atoms with Crippen molar-refractivity contribution in [2.75, 3.05) is 0 Å². The lowest BCUT2D eigenvalue weighted by Gasteiger charge is -2.08. The second kappa shape index (κ2) is 4.52. The number of halogens is 3. The van der Waals surface area contributed by atoms with Crippen molar-refractivity contribution in [3.05, 3.63) is 45.6 Å². The van der Waals surface area contributed by atoms with Gasteiger partial charge in [0.15, 0.2) is 5.69 Å². The first-order valence-corrected chi connectivity index (χ1v) is 5.42. The van der Waals surface area contributed by atoms with Crippen LogP contribution in [0.2, 0.25) is 0 Å². The van der Waals surface area contributed by atoms with Crippen LogP contribution in [0.1, 0.15) is 17.0 Å². The van der Waals surface area contributed by atoms with Crippen LogP contribution >= 0.6 is 0 Å². The summed E-state index contributed by atoms with van der Waals surface area (Å²) in [7, 11) is 1.69. The maximum Gasteiger partial charge on any atom is 0.435 e. The van der Waals surface area contributed by atoms with E-state index in [9.17, 15) is 18.0 Å². The highest BCUT2D eigenvalue weighted by Gasteiger charge is 2.33. The maximum absolute atomic E-state index is 12.5. The van der Waals surface area contributed by atoms with Gasteiger partial charge >= 0.3 is 6.18 Å². The summed E-state index contributed by atoms with van der Waals surface area (Å²) >= 11 is 0. The van der Waals surface area contributed by atoms with E-state index in [1.54, 1.807) is 20.2 Å². The molecule has 0 fully saturated rings. The number of hydrogen-bond acceptors (Lipinski definition) is 3. The van der Waals surface area contributed by atoms with E-state index >= 15 is 0 Å². The molecular weight excluding hydrogens is 261 g/mol. The van der Waals surface area contributed by atoms with Gasteiger partial charge in [0.25, 0.3) is 5.56 Å². The molecule has 0 aliphatic carbocycles. The van der Waals surface area contributed by atoms with Crippen molar-refractivity contribution in [3.8, 4) is 0 Å². The number of aryl methyl sites for hydroxylation is 2. The summed E-state index contributed by atoms with van der Waals surface area (Å²) in [4.78, 5) is 11.5. The Bertz CT molecular complexity index is 657. The first-order chi connectivity index (χ1) is 8.77. The molecule has 0 aliphatic heterocycles. The summed E-state index contributed by atoms with van der Waals surface area (Å²) in [6, 6.07) is 1.54. The third-order valence-electron chi connectivity index (χ3n) is 2.59. The standard InChI is InChI=1S/C11H11F3N4O/c1-7-8(5-17(2)15-7)6-18-10(19)4-3-9(16-18)11(12,13)14/h3-5H,6H2,1-2H3. The molecule has 0 saturated carbocycles. The number of hydrogen-bond donors (Lipinski definition) is 0. The van der Waals surface area contributed by atoms with Crippen LogP contribution in [0, 0.1) is 6.92 Å². The van der Waals surface area contributed by atoms with Gasteiger partial charge in [-0.1, -0.05) is 0 Å². The smallest absolute Gasteiger partial charge is 0.275 e. The van der Waals surface area contributed by atoms with E-state index in [0.717, 1.165) is 10.7 Å². The minimum absolute atomic E-state index is 0.0393. The topological polar surface area (TPSA) is 52.7 Å². The van der Waals surface area contributed by atoms with Crippen molar-refractivity contribution in [2.45, 2.75) is 19.6 Å². The Balaban J connectivity index is 2.40. The predicted octanol–water partition coefficient (Wildman–Crippen LogP) is 1.35. The minimum Gasteiger partial charge on any atom is -0.275 e. The molecule has 0 unspecified atom stereocenters. The molecule has 0 radical (unpaired) electrons. The highest BCUT2D eigenvalue weighted by atomic mass is 19.4. The molecule has 102 valence electrons. The van der Waals surface area contributed by atoms with Crippen molar-refractivity contribution in [3.63, 3.8) is 0 Å². The lowest BCUT2D eigenvalue weighted by molar-refractivity contribution is -0.142. The molecule has 0 saturated heterocycles. The summed E-state index contributed by atoms with van der Waals surface area (Å²) < 4.78 is 39.9. The first kappa shape index (κ1) is 13.3. The van der Waals surface area contributed by atoms with Crippen LogP contribution < -0.4 is 5.56 Å². The molecule has 0 atom stereocenters. The largest absolute Gasteiger partial charge is 0.435 e. The van der Waals surface area contributed by atoms with Crippen LogP contribution in [-0.2, 0) is 19.8 Å². The highest BCUT2D eigenvalue weighted by Crippen LogP contribution is 2.26. The molecule has 0 spiro atoms. The Hall–Kier alpha value is -2.12. The summed E-state index contributed by atoms with van der Waals surface area (Å²) in [6.45, 7) is 1.68. The summed E-state index contributed by atoms with van der Waals surface area (Å²) in [6.07, 6.45) is -2.93. The highest BCUT2D eigenvalue weighted by molar-refractivity contribution is 5.16. The van der Waals surface area contributed by atoms with Gasteiger partial charge in [0.1, 0.15) is 0 Å². The summed E-state index contributed by atoms with van der Waals surface area (Å²) in [5, 5.41) is 7.39. The molecule has 0 aromatic carbocycles. The summed E-state index contributed by atoms with van der Waals surface area (Å²) in [5.41, 5.74) is -0.380. The van der Waals surface area contributed by atoms with E-state index in [1.165, 1.54) is 4.68 Å². The normalized spacial score (nSPS) is 11.8. The van der Waals surface area contributed by atoms with Crippen molar-refractivity contribution in [2.24, 2.45) is 7.05 Å². The predicted molar refractivity (Wildman–Crippen MR) is 60.5 cm³/mol. The lowest BCUT2D eigenvalue weighted by atomic mass is 10.2. The van der Waals surface area contributed by atoms with Gasteiger partial charge in [0.2, 0.25) is 0 Å². The molecule has 0 amide bonds. The zero-order valence-corrected chi connectivity index (χ0v) is 10.3. The average Bonchev–Trinajstić information content (AvgIpc) is 2.59. The molecule has 0 aliphatic rings. The average molecular weight is 272 g/mol. The van der Waals surface area contributed by atoms with Crippen LogP contribution in [0.25, 0.3) is 0 Å². The molecular formula is C11H11F3N4O. The molecule has 2 aromatic heterocycles. The fourth-order valence-corrected chi connectivity index (χ4v) is 1.68. The quantitative estimate of drug-likeness (QED) is 0.829. The van der Waals surface area contributed by atoms with Crippen LogP contribution in [0.4, 0.5) is 13.2 Å². The second-order valence-corrected chi connectivity index (χ2v) is 4.13. The van der Waals surface area contributed by atoms with Gasteiger partial charge < -0.3 is 0 Å². The Morgan fingerprint density at radius 1 is 1.26 bits per heavy atom. The van der Waals surface area contributed by atoms with Crippen LogP contribution in [-0.4, -0.2) is 19.6 Å². The Morgan fingerprint density at radius 3 is 2.47 bits per heavy atom. The van der Waals surface area contributed by atoms with Gasteiger partial charge in [-0.15, -0.1) is 0 Å². The van der Waals surface area contributed by atoms with E-state index in [1.807, 2.05) is 0 Å². The molecule has 5 nitrogen and oxygen atoms in total. The SMILES string of the molecule is Cc1nn(C)cc1Cn1nc(C(F)(F)F)ccc1=O. The van der Waals surface area contributed by atoms with E-state index in [4.69, 9.17) is 0 Å². The maximum atomic E-state index is 12.5. The van der Waals surface area contributed by atoms with E-state index in [-0.39, 0.29) is 6.54 Å². The molecule has 19 heavy (non-hydrogen) atoms. The Labute approximate surface area is 106 Å². The van der Waals surface area contributed by atoms with E-state index in [2.05, 4.69) is 10.2 Å². The molecule has 8 heteroatoms. The van der Waals surface area contributed by atoms with Gasteiger partial charge in [-0.2, -0.15) is 23.4 Å². The third kappa shape index (κ3) is 2.83. The number of rotatable bonds is 2. The molecule has 0 bridgehead atoms. The molecule has 2 rings (SSSR count). The zero-order chi connectivity index (χ0) is 14.2. The van der Waals surface area contributed by atoms with Crippen molar-refractivity contribution >= 4 is 0 Å². The van der Waals surface area contributed by atoms with E-state index in [0.29, 0.717) is 17.3 Å². The van der Waals surface area contributed by atoms with Crippen molar-refractivity contribution < 1.29 is 13.2 Å². The van der Waals surface area contributed by atoms with Crippen molar-refractivity contribution in [1.29, 1.82) is 0 Å². The van der Waals surface area contributed by atoms with Crippen LogP contribution in [0.5, 0.6) is 0 Å². The fraction of sp³-hybridized carbons (Fsp3) is 0.364. The monoisotopic (exact) mass is 272 g/mol. The number of aromatic nitrogens is 4. The lowest BCUT2D eigenvalue weighted by Crippen LogP contribution is -2.26. The minimum atomic E-state index is -4.57. The summed E-state index contributed by atoms with van der Waals surface area (Å²) in [5.74, 6) is 0. The van der Waals surface area contributed by atoms with Crippen LogP contribution in [0.3, 0.4) is 0 Å².